The molecule has 3 amide bonds. The number of pyridine rings is 1. The third kappa shape index (κ3) is 12.1. The molecule has 0 aliphatic carbocycles. The van der Waals surface area contributed by atoms with Crippen LogP contribution in [0.4, 0.5) is 43.8 Å². The summed E-state index contributed by atoms with van der Waals surface area (Å²) in [6, 6.07) is 18.4. The monoisotopic (exact) mass is 798 g/mol. The number of alkyl halides is 3. The Morgan fingerprint density at radius 1 is 0.800 bits per heavy atom. The van der Waals surface area contributed by atoms with Crippen LogP contribution in [0, 0.1) is 39.3 Å². The number of urea groups is 1. The lowest BCUT2D eigenvalue weighted by atomic mass is 10.1. The highest BCUT2D eigenvalue weighted by Crippen LogP contribution is 2.37. The van der Waals surface area contributed by atoms with E-state index in [2.05, 4.69) is 72.2 Å². The molecule has 0 aliphatic rings. The van der Waals surface area contributed by atoms with Gasteiger partial charge < -0.3 is 15.0 Å². The van der Waals surface area contributed by atoms with Crippen LogP contribution in [-0.2, 0) is 6.18 Å². The number of aliphatic imine (C=N–C) groups is 2. The van der Waals surface area contributed by atoms with Gasteiger partial charge in [0.25, 0.3) is 5.91 Å². The fraction of sp³-hybridized carbons (Fsp3) is 0.154. The Morgan fingerprint density at radius 2 is 1.36 bits per heavy atom. The second kappa shape index (κ2) is 18.5. The maximum Gasteiger partial charge on any atom is 0.417 e. The van der Waals surface area contributed by atoms with Crippen molar-refractivity contribution in [2.75, 3.05) is 12.4 Å². The number of anilines is 1. The number of nitrogens with one attached hydrogen (secondary N) is 2. The Balaban J connectivity index is 0.000000265. The summed E-state index contributed by atoms with van der Waals surface area (Å²) >= 11 is 11.8. The van der Waals surface area contributed by atoms with Gasteiger partial charge in [-0.25, -0.2) is 28.5 Å². The normalized spacial score (nSPS) is 11.3. The van der Waals surface area contributed by atoms with Crippen molar-refractivity contribution < 1.29 is 36.3 Å². The molecule has 0 aliphatic heterocycles. The van der Waals surface area contributed by atoms with E-state index in [1.807, 2.05) is 24.1 Å². The largest absolute Gasteiger partial charge is 0.436 e. The second-order valence-electron chi connectivity index (χ2n) is 12.0. The van der Waals surface area contributed by atoms with Gasteiger partial charge in [-0.05, 0) is 81.3 Å². The van der Waals surface area contributed by atoms with Gasteiger partial charge in [-0.15, -0.1) is 0 Å². The third-order valence-electron chi connectivity index (χ3n) is 7.41. The number of carbonyl (C=O) groups excluding carboxylic acids is 2. The molecule has 0 saturated carbocycles. The average Bonchev–Trinajstić information content (AvgIpc) is 3.09. The number of aryl methyl sites for hydroxylation is 4. The van der Waals surface area contributed by atoms with Crippen molar-refractivity contribution in [1.29, 1.82) is 0 Å². The molecule has 2 N–H and O–H groups in total. The summed E-state index contributed by atoms with van der Waals surface area (Å²) in [5.41, 5.74) is 4.80. The molecule has 5 rings (SSSR count). The van der Waals surface area contributed by atoms with E-state index in [0.717, 1.165) is 35.6 Å². The average molecular weight is 800 g/mol. The lowest BCUT2D eigenvalue weighted by Gasteiger charge is -2.12. The highest BCUT2D eigenvalue weighted by atomic mass is 35.5. The molecule has 55 heavy (non-hydrogen) atoms. The molecule has 4 aromatic carbocycles. The molecule has 0 radical (unpaired) electrons. The lowest BCUT2D eigenvalue weighted by Crippen LogP contribution is -2.35. The lowest BCUT2D eigenvalue weighted by molar-refractivity contribution is -0.137. The number of nitrogens with zero attached hydrogens (tertiary/aromatic N) is 4. The molecule has 1 heterocycles. The van der Waals surface area contributed by atoms with Crippen LogP contribution in [0.5, 0.6) is 11.6 Å². The fourth-order valence-corrected chi connectivity index (χ4v) is 5.06. The van der Waals surface area contributed by atoms with Gasteiger partial charge in [-0.3, -0.25) is 10.1 Å². The number of halogens is 7. The molecule has 286 valence electrons. The predicted octanol–water partition coefficient (Wildman–Crippen LogP) is 11.3. The van der Waals surface area contributed by atoms with Gasteiger partial charge in [0.15, 0.2) is 0 Å². The minimum absolute atomic E-state index is 0.0109. The van der Waals surface area contributed by atoms with E-state index in [1.165, 1.54) is 34.4 Å². The number of aromatic nitrogens is 1. The van der Waals surface area contributed by atoms with Crippen LogP contribution in [0.1, 0.15) is 38.2 Å². The molecule has 0 bridgehead atoms. The third-order valence-corrected chi connectivity index (χ3v) is 7.99. The molecule has 1 aromatic heterocycles. The molecule has 0 spiro atoms. The molecule has 16 heteroatoms. The van der Waals surface area contributed by atoms with E-state index in [1.54, 1.807) is 18.0 Å². The Bertz CT molecular complexity index is 2180. The molecule has 0 fully saturated rings. The highest BCUT2D eigenvalue weighted by molar-refractivity contribution is 6.33. The van der Waals surface area contributed by atoms with Crippen LogP contribution in [-0.4, -0.2) is 41.5 Å². The van der Waals surface area contributed by atoms with E-state index in [9.17, 15) is 31.5 Å². The smallest absolute Gasteiger partial charge is 0.417 e. The van der Waals surface area contributed by atoms with Gasteiger partial charge in [0.1, 0.15) is 28.0 Å². The molecule has 0 unspecified atom stereocenters. The van der Waals surface area contributed by atoms with Crippen LogP contribution < -0.4 is 15.4 Å². The Kier molecular flexibility index (Phi) is 14.1. The van der Waals surface area contributed by atoms with Crippen LogP contribution in [0.15, 0.2) is 95.0 Å². The minimum Gasteiger partial charge on any atom is -0.436 e. The summed E-state index contributed by atoms with van der Waals surface area (Å²) < 4.78 is 70.9. The summed E-state index contributed by atoms with van der Waals surface area (Å²) in [4.78, 5) is 38.4. The Morgan fingerprint density at radius 3 is 1.87 bits per heavy atom. The van der Waals surface area contributed by atoms with Gasteiger partial charge in [0, 0.05) is 25.0 Å². The molecule has 0 saturated heterocycles. The van der Waals surface area contributed by atoms with Crippen LogP contribution in [0.2, 0.25) is 10.0 Å². The summed E-state index contributed by atoms with van der Waals surface area (Å²) in [5, 5.41) is 3.52. The van der Waals surface area contributed by atoms with E-state index in [4.69, 9.17) is 27.9 Å². The van der Waals surface area contributed by atoms with Crippen LogP contribution in [0.25, 0.3) is 0 Å². The van der Waals surface area contributed by atoms with Gasteiger partial charge in [-0.2, -0.15) is 13.2 Å². The first-order valence-electron chi connectivity index (χ1n) is 16.1. The Labute approximate surface area is 323 Å². The van der Waals surface area contributed by atoms with Gasteiger partial charge >= 0.3 is 12.2 Å². The fourth-order valence-electron chi connectivity index (χ4n) is 4.70. The number of benzene rings is 4. The summed E-state index contributed by atoms with van der Waals surface area (Å²) in [6.45, 7) is 8.32. The van der Waals surface area contributed by atoms with Crippen molar-refractivity contribution in [3.05, 3.63) is 140 Å². The van der Waals surface area contributed by atoms with Crippen LogP contribution in [0.3, 0.4) is 0 Å². The van der Waals surface area contributed by atoms with Gasteiger partial charge in [0.05, 0.1) is 34.6 Å². The van der Waals surface area contributed by atoms with Crippen molar-refractivity contribution in [3.8, 4) is 11.6 Å². The van der Waals surface area contributed by atoms with Gasteiger partial charge in [-0.1, -0.05) is 64.7 Å². The topological polar surface area (TPSA) is 108 Å². The first-order valence-corrected chi connectivity index (χ1v) is 16.9. The van der Waals surface area contributed by atoms with E-state index >= 15 is 0 Å². The number of carbonyl (C=O) groups is 2. The zero-order chi connectivity index (χ0) is 40.4. The molecule has 9 nitrogen and oxygen atoms in total. The number of imide groups is 1. The maximum absolute atomic E-state index is 13.7. The van der Waals surface area contributed by atoms with Crippen molar-refractivity contribution in [3.63, 3.8) is 0 Å². The number of ether oxygens (including phenoxy) is 1. The van der Waals surface area contributed by atoms with Crippen molar-refractivity contribution in [2.24, 2.45) is 9.98 Å². The first kappa shape index (κ1) is 41.9. The maximum atomic E-state index is 13.7. The van der Waals surface area contributed by atoms with Crippen molar-refractivity contribution >= 4 is 64.9 Å². The number of amides is 3. The molecule has 0 atom stereocenters. The highest BCUT2D eigenvalue weighted by Gasteiger charge is 2.32. The minimum atomic E-state index is -4.66. The quantitative estimate of drug-likeness (QED) is 0.0923. The zero-order valence-electron chi connectivity index (χ0n) is 29.9. The molecule has 5 aromatic rings. The molecular weight excluding hydrogens is 766 g/mol. The number of hydrogen-bond donors (Lipinski definition) is 2. The van der Waals surface area contributed by atoms with Crippen LogP contribution >= 0.6 is 23.2 Å². The first-order chi connectivity index (χ1) is 25.9. The van der Waals surface area contributed by atoms with Crippen molar-refractivity contribution in [1.82, 2.24) is 15.2 Å². The summed E-state index contributed by atoms with van der Waals surface area (Å²) in [5.74, 6) is -4.19. The van der Waals surface area contributed by atoms with Gasteiger partial charge in [0.2, 0.25) is 5.88 Å². The number of rotatable bonds is 8. The summed E-state index contributed by atoms with van der Waals surface area (Å²) in [7, 11) is 1.93. The SMILES string of the molecule is Cc1ccc(N=CN(C)C=Nc2ccc(C)cc2C)c(C)c1.O=C(NC(=O)c1c(F)cccc1F)Nc1ccc(Cl)c(Oc2ncc(C(F)(F)F)cc2Cl)c1. The predicted molar refractivity (Wildman–Crippen MR) is 205 cm³/mol. The van der Waals surface area contributed by atoms with E-state index < -0.39 is 51.8 Å². The van der Waals surface area contributed by atoms with E-state index in [-0.39, 0.29) is 16.5 Å². The van der Waals surface area contributed by atoms with E-state index in [0.29, 0.717) is 12.3 Å². The standard InChI is InChI=1S/C20H10Cl2F5N3O3.C19H23N3/c21-11-5-4-10(29-19(32)30-17(31)16-13(23)2-1-3-14(16)24)7-15(11)33-18-12(22)6-9(8-28-18)20(25,26)27;1-14-6-8-18(16(3)10-14)20-12-22(5)13-21-19-9-7-15(2)11-17(19)4/h1-8H,(H2,29,30,31,32);6-13H,1-5H3. The molecular formula is C39H33Cl2F5N6O3. The van der Waals surface area contributed by atoms with Crippen molar-refractivity contribution in [2.45, 2.75) is 33.9 Å². The summed E-state index contributed by atoms with van der Waals surface area (Å²) in [6.07, 6.45) is -0.583. The number of hydrogen-bond acceptors (Lipinski definition) is 6. The Hall–Kier alpha value is -5.86. The second-order valence-corrected chi connectivity index (χ2v) is 12.8. The zero-order valence-corrected chi connectivity index (χ0v) is 31.4.